The molecule has 0 amide bonds. The van der Waals surface area contributed by atoms with Crippen LogP contribution in [0, 0.1) is 6.92 Å². The Morgan fingerprint density at radius 1 is 1.47 bits per heavy atom. The second kappa shape index (κ2) is 5.03. The van der Waals surface area contributed by atoms with E-state index in [2.05, 4.69) is 6.92 Å². The molecule has 1 rings (SSSR count). The van der Waals surface area contributed by atoms with Gasteiger partial charge in [-0.25, -0.2) is 0 Å². The maximum absolute atomic E-state index is 10.0. The summed E-state index contributed by atoms with van der Waals surface area (Å²) < 4.78 is 5.16. The van der Waals surface area contributed by atoms with Gasteiger partial charge in [0, 0.05) is 5.56 Å². The molecule has 1 atom stereocenters. The molecule has 3 N–H and O–H groups in total. The van der Waals surface area contributed by atoms with Gasteiger partial charge in [-0.15, -0.1) is 0 Å². The number of aryl methyl sites for hydroxylation is 1. The Bertz CT molecular complexity index is 337. The number of rotatable bonds is 4. The lowest BCUT2D eigenvalue weighted by Crippen LogP contribution is -2.05. The molecule has 3 heteroatoms. The highest BCUT2D eigenvalue weighted by molar-refractivity contribution is 5.51. The van der Waals surface area contributed by atoms with Gasteiger partial charge in [-0.1, -0.05) is 19.1 Å². The Morgan fingerprint density at radius 3 is 2.67 bits per heavy atom. The summed E-state index contributed by atoms with van der Waals surface area (Å²) in [5, 5.41) is 10.0. The Hall–Kier alpha value is -1.22. The molecular formula is C12H19NO2. The SMILES string of the molecule is COc1c(C)ccc(C(C)CCN)c1O. The van der Waals surface area contributed by atoms with Crippen LogP contribution < -0.4 is 10.5 Å². The van der Waals surface area contributed by atoms with Crippen molar-refractivity contribution >= 4 is 0 Å². The predicted octanol–water partition coefficient (Wildman–Crippen LogP) is 2.16. The molecule has 0 saturated heterocycles. The van der Waals surface area contributed by atoms with Crippen molar-refractivity contribution in [2.75, 3.05) is 13.7 Å². The van der Waals surface area contributed by atoms with Gasteiger partial charge in [0.1, 0.15) is 0 Å². The van der Waals surface area contributed by atoms with Crippen molar-refractivity contribution in [2.45, 2.75) is 26.2 Å². The van der Waals surface area contributed by atoms with Gasteiger partial charge in [0.15, 0.2) is 11.5 Å². The molecule has 1 unspecified atom stereocenters. The minimum atomic E-state index is 0.249. The normalized spacial score (nSPS) is 12.5. The molecule has 3 nitrogen and oxygen atoms in total. The minimum absolute atomic E-state index is 0.249. The molecule has 0 aliphatic rings. The van der Waals surface area contributed by atoms with E-state index in [1.807, 2.05) is 19.1 Å². The van der Waals surface area contributed by atoms with Crippen LogP contribution in [0.1, 0.15) is 30.4 Å². The predicted molar refractivity (Wildman–Crippen MR) is 61.5 cm³/mol. The monoisotopic (exact) mass is 209 g/mol. The van der Waals surface area contributed by atoms with Gasteiger partial charge in [0.05, 0.1) is 7.11 Å². The molecule has 0 spiro atoms. The van der Waals surface area contributed by atoms with Crippen LogP contribution in [0.3, 0.4) is 0 Å². The summed E-state index contributed by atoms with van der Waals surface area (Å²) in [4.78, 5) is 0. The summed E-state index contributed by atoms with van der Waals surface area (Å²) in [6, 6.07) is 3.90. The highest BCUT2D eigenvalue weighted by Crippen LogP contribution is 2.37. The van der Waals surface area contributed by atoms with E-state index in [-0.39, 0.29) is 11.7 Å². The summed E-state index contributed by atoms with van der Waals surface area (Å²) in [5.74, 6) is 1.07. The molecule has 0 heterocycles. The zero-order valence-corrected chi connectivity index (χ0v) is 9.58. The Kier molecular flexibility index (Phi) is 3.97. The Balaban J connectivity index is 3.09. The molecule has 84 valence electrons. The highest BCUT2D eigenvalue weighted by Gasteiger charge is 2.15. The van der Waals surface area contributed by atoms with Gasteiger partial charge < -0.3 is 15.6 Å². The van der Waals surface area contributed by atoms with Crippen molar-refractivity contribution in [2.24, 2.45) is 5.73 Å². The first-order valence-corrected chi connectivity index (χ1v) is 5.18. The Morgan fingerprint density at radius 2 is 2.13 bits per heavy atom. The second-order valence-corrected chi connectivity index (χ2v) is 3.83. The lowest BCUT2D eigenvalue weighted by atomic mass is 9.95. The fourth-order valence-electron chi connectivity index (χ4n) is 1.75. The summed E-state index contributed by atoms with van der Waals surface area (Å²) in [7, 11) is 1.57. The van der Waals surface area contributed by atoms with Crippen molar-refractivity contribution < 1.29 is 9.84 Å². The van der Waals surface area contributed by atoms with E-state index in [0.717, 1.165) is 17.5 Å². The summed E-state index contributed by atoms with van der Waals surface area (Å²) in [6.45, 7) is 4.59. The van der Waals surface area contributed by atoms with Crippen LogP contribution in [-0.2, 0) is 0 Å². The first-order chi connectivity index (χ1) is 7.11. The molecule has 15 heavy (non-hydrogen) atoms. The number of nitrogens with two attached hydrogens (primary N) is 1. The topological polar surface area (TPSA) is 55.5 Å². The molecule has 0 fully saturated rings. The van der Waals surface area contributed by atoms with Crippen LogP contribution in [0.2, 0.25) is 0 Å². The third kappa shape index (κ3) is 2.42. The molecule has 0 bridgehead atoms. The van der Waals surface area contributed by atoms with Crippen molar-refractivity contribution in [3.8, 4) is 11.5 Å². The average Bonchev–Trinajstić information content (AvgIpc) is 2.18. The van der Waals surface area contributed by atoms with Crippen molar-refractivity contribution in [3.05, 3.63) is 23.3 Å². The van der Waals surface area contributed by atoms with E-state index in [4.69, 9.17) is 10.5 Å². The number of aromatic hydroxyl groups is 1. The smallest absolute Gasteiger partial charge is 0.163 e. The number of hydrogen-bond acceptors (Lipinski definition) is 3. The largest absolute Gasteiger partial charge is 0.504 e. The third-order valence-electron chi connectivity index (χ3n) is 2.69. The van der Waals surface area contributed by atoms with Crippen molar-refractivity contribution in [3.63, 3.8) is 0 Å². The van der Waals surface area contributed by atoms with Crippen LogP contribution in [0.15, 0.2) is 12.1 Å². The highest BCUT2D eigenvalue weighted by atomic mass is 16.5. The number of methoxy groups -OCH3 is 1. The van der Waals surface area contributed by atoms with Crippen LogP contribution in [-0.4, -0.2) is 18.8 Å². The van der Waals surface area contributed by atoms with E-state index in [1.165, 1.54) is 0 Å². The van der Waals surface area contributed by atoms with Crippen LogP contribution in [0.5, 0.6) is 11.5 Å². The maximum atomic E-state index is 10.0. The third-order valence-corrected chi connectivity index (χ3v) is 2.69. The van der Waals surface area contributed by atoms with Gasteiger partial charge >= 0.3 is 0 Å². The molecule has 1 aromatic rings. The molecule has 1 aromatic carbocycles. The van der Waals surface area contributed by atoms with Gasteiger partial charge in [-0.05, 0) is 31.4 Å². The summed E-state index contributed by atoms with van der Waals surface area (Å²) in [6.07, 6.45) is 0.861. The minimum Gasteiger partial charge on any atom is -0.504 e. The zero-order chi connectivity index (χ0) is 11.4. The fraction of sp³-hybridized carbons (Fsp3) is 0.500. The standard InChI is InChI=1S/C12H19NO2/c1-8(6-7-13)10-5-4-9(2)12(15-3)11(10)14/h4-5,8,14H,6-7,13H2,1-3H3. The number of benzene rings is 1. The van der Waals surface area contributed by atoms with Crippen LogP contribution in [0.25, 0.3) is 0 Å². The first kappa shape index (κ1) is 11.9. The lowest BCUT2D eigenvalue weighted by molar-refractivity contribution is 0.366. The van der Waals surface area contributed by atoms with Crippen LogP contribution >= 0.6 is 0 Å². The van der Waals surface area contributed by atoms with E-state index >= 15 is 0 Å². The van der Waals surface area contributed by atoms with E-state index in [9.17, 15) is 5.11 Å². The van der Waals surface area contributed by atoms with Gasteiger partial charge in [-0.2, -0.15) is 0 Å². The number of ether oxygens (including phenoxy) is 1. The molecule has 0 aliphatic carbocycles. The Labute approximate surface area is 90.9 Å². The molecule has 0 aromatic heterocycles. The zero-order valence-electron chi connectivity index (χ0n) is 9.58. The van der Waals surface area contributed by atoms with E-state index < -0.39 is 0 Å². The van der Waals surface area contributed by atoms with Crippen LogP contribution in [0.4, 0.5) is 0 Å². The van der Waals surface area contributed by atoms with Crippen molar-refractivity contribution in [1.82, 2.24) is 0 Å². The van der Waals surface area contributed by atoms with E-state index in [1.54, 1.807) is 7.11 Å². The molecular weight excluding hydrogens is 190 g/mol. The quantitative estimate of drug-likeness (QED) is 0.799. The fourth-order valence-corrected chi connectivity index (χ4v) is 1.75. The average molecular weight is 209 g/mol. The van der Waals surface area contributed by atoms with Gasteiger partial charge in [0.2, 0.25) is 0 Å². The number of hydrogen-bond donors (Lipinski definition) is 2. The molecule has 0 aliphatic heterocycles. The number of phenolic OH excluding ortho intramolecular Hbond substituents is 1. The molecule has 0 saturated carbocycles. The van der Waals surface area contributed by atoms with Gasteiger partial charge in [0.25, 0.3) is 0 Å². The lowest BCUT2D eigenvalue weighted by Gasteiger charge is -2.16. The van der Waals surface area contributed by atoms with Gasteiger partial charge in [-0.3, -0.25) is 0 Å². The first-order valence-electron chi connectivity index (χ1n) is 5.18. The second-order valence-electron chi connectivity index (χ2n) is 3.83. The van der Waals surface area contributed by atoms with Crippen molar-refractivity contribution in [1.29, 1.82) is 0 Å². The summed E-state index contributed by atoms with van der Waals surface area (Å²) >= 11 is 0. The molecule has 0 radical (unpaired) electrons. The summed E-state index contributed by atoms with van der Waals surface area (Å²) in [5.41, 5.74) is 7.35. The number of phenols is 1. The van der Waals surface area contributed by atoms with E-state index in [0.29, 0.717) is 12.3 Å². The maximum Gasteiger partial charge on any atom is 0.163 e.